The normalized spacial score (nSPS) is 11.7. The number of hydrogen-bond acceptors (Lipinski definition) is 4. The Balaban J connectivity index is 1.86. The number of halogens is 1. The molecule has 0 radical (unpaired) electrons. The van der Waals surface area contributed by atoms with Crippen LogP contribution in [-0.2, 0) is 6.54 Å². The number of carbonyl (C=O) groups is 1. The second kappa shape index (κ2) is 8.29. The van der Waals surface area contributed by atoms with Gasteiger partial charge in [0, 0.05) is 17.5 Å². The Labute approximate surface area is 171 Å². The molecular weight excluding hydrogens is 383 g/mol. The van der Waals surface area contributed by atoms with Gasteiger partial charge in [0.05, 0.1) is 17.7 Å². The molecule has 0 spiro atoms. The monoisotopic (exact) mass is 402 g/mol. The maximum Gasteiger partial charge on any atom is 0.314 e. The maximum absolute atomic E-state index is 14.2. The third-order valence-electron chi connectivity index (χ3n) is 4.82. The number of benzene rings is 3. The SMILES string of the molecule is CCC(=O)c1ccc(N=c2oc3ccccc3n(Cc3ccccc3F)c2=O)cc1. The summed E-state index contributed by atoms with van der Waals surface area (Å²) < 4.78 is 21.4. The zero-order chi connectivity index (χ0) is 21.1. The van der Waals surface area contributed by atoms with Crippen LogP contribution >= 0.6 is 0 Å². The molecule has 0 saturated heterocycles. The van der Waals surface area contributed by atoms with Gasteiger partial charge in [-0.25, -0.2) is 9.38 Å². The van der Waals surface area contributed by atoms with E-state index in [0.717, 1.165) is 0 Å². The van der Waals surface area contributed by atoms with Crippen molar-refractivity contribution < 1.29 is 13.6 Å². The smallest absolute Gasteiger partial charge is 0.314 e. The predicted octanol–water partition coefficient (Wildman–Crippen LogP) is 4.61. The highest BCUT2D eigenvalue weighted by Gasteiger charge is 2.11. The van der Waals surface area contributed by atoms with E-state index in [1.54, 1.807) is 73.7 Å². The lowest BCUT2D eigenvalue weighted by atomic mass is 10.1. The van der Waals surface area contributed by atoms with E-state index in [2.05, 4.69) is 4.99 Å². The summed E-state index contributed by atoms with van der Waals surface area (Å²) in [5, 5.41) is 0. The lowest BCUT2D eigenvalue weighted by Crippen LogP contribution is -2.35. The molecule has 30 heavy (non-hydrogen) atoms. The molecule has 0 aliphatic carbocycles. The van der Waals surface area contributed by atoms with Gasteiger partial charge in [0.1, 0.15) is 5.82 Å². The Hall–Kier alpha value is -3.80. The van der Waals surface area contributed by atoms with Gasteiger partial charge < -0.3 is 4.42 Å². The standard InChI is InChI=1S/C24H19FN2O3/c1-2-21(28)16-11-13-18(14-12-16)26-23-24(29)27(15-17-7-3-4-8-19(17)25)20-9-5-6-10-22(20)30-23/h3-14H,2,15H2,1H3. The molecule has 0 saturated carbocycles. The quantitative estimate of drug-likeness (QED) is 0.458. The summed E-state index contributed by atoms with van der Waals surface area (Å²) in [5.41, 5.74) is 1.90. The fourth-order valence-corrected chi connectivity index (χ4v) is 3.21. The minimum atomic E-state index is -0.467. The molecule has 0 unspecified atom stereocenters. The van der Waals surface area contributed by atoms with Gasteiger partial charge in [0.25, 0.3) is 5.55 Å². The zero-order valence-corrected chi connectivity index (χ0v) is 16.3. The fourth-order valence-electron chi connectivity index (χ4n) is 3.21. The predicted molar refractivity (Wildman–Crippen MR) is 112 cm³/mol. The lowest BCUT2D eigenvalue weighted by Gasteiger charge is -2.10. The van der Waals surface area contributed by atoms with Crippen molar-refractivity contribution in [2.75, 3.05) is 0 Å². The highest BCUT2D eigenvalue weighted by molar-refractivity contribution is 5.96. The molecule has 0 aliphatic rings. The Morgan fingerprint density at radius 3 is 2.43 bits per heavy atom. The molecule has 0 bridgehead atoms. The summed E-state index contributed by atoms with van der Waals surface area (Å²) in [6.07, 6.45) is 0.414. The van der Waals surface area contributed by atoms with E-state index in [9.17, 15) is 14.0 Å². The van der Waals surface area contributed by atoms with Crippen LogP contribution in [0.2, 0.25) is 0 Å². The van der Waals surface area contributed by atoms with Gasteiger partial charge in [-0.1, -0.05) is 37.3 Å². The highest BCUT2D eigenvalue weighted by atomic mass is 19.1. The van der Waals surface area contributed by atoms with Crippen molar-refractivity contribution >= 4 is 22.6 Å². The molecule has 0 fully saturated rings. The number of carbonyl (C=O) groups excluding carboxylic acids is 1. The Bertz CT molecular complexity index is 1350. The maximum atomic E-state index is 14.2. The van der Waals surface area contributed by atoms with Crippen LogP contribution in [0.5, 0.6) is 0 Å². The van der Waals surface area contributed by atoms with Crippen molar-refractivity contribution in [3.8, 4) is 0 Å². The van der Waals surface area contributed by atoms with E-state index in [-0.39, 0.29) is 23.7 Å². The van der Waals surface area contributed by atoms with Gasteiger partial charge in [0.15, 0.2) is 11.4 Å². The first-order valence-corrected chi connectivity index (χ1v) is 9.61. The number of para-hydroxylation sites is 2. The van der Waals surface area contributed by atoms with Crippen LogP contribution in [0.3, 0.4) is 0 Å². The molecule has 1 aromatic heterocycles. The molecule has 5 nitrogen and oxygen atoms in total. The second-order valence-electron chi connectivity index (χ2n) is 6.79. The summed E-state index contributed by atoms with van der Waals surface area (Å²) >= 11 is 0. The first-order valence-electron chi connectivity index (χ1n) is 9.61. The summed E-state index contributed by atoms with van der Waals surface area (Å²) in [7, 11) is 0. The number of aromatic nitrogens is 1. The molecule has 150 valence electrons. The average molecular weight is 402 g/mol. The Morgan fingerprint density at radius 2 is 1.70 bits per heavy atom. The first kappa shape index (κ1) is 19.5. The second-order valence-corrected chi connectivity index (χ2v) is 6.79. The van der Waals surface area contributed by atoms with Gasteiger partial charge in [-0.05, 0) is 42.5 Å². The van der Waals surface area contributed by atoms with Crippen molar-refractivity contribution in [1.29, 1.82) is 0 Å². The van der Waals surface area contributed by atoms with Crippen molar-refractivity contribution in [2.45, 2.75) is 19.9 Å². The Morgan fingerprint density at radius 1 is 1.00 bits per heavy atom. The first-order chi connectivity index (χ1) is 14.6. The summed E-state index contributed by atoms with van der Waals surface area (Å²) in [6, 6.07) is 20.0. The molecule has 0 atom stereocenters. The van der Waals surface area contributed by atoms with Gasteiger partial charge in [-0.15, -0.1) is 0 Å². The van der Waals surface area contributed by atoms with Crippen LogP contribution in [0, 0.1) is 5.82 Å². The van der Waals surface area contributed by atoms with Gasteiger partial charge in [-0.2, -0.15) is 0 Å². The molecule has 1 heterocycles. The molecule has 4 aromatic rings. The minimum Gasteiger partial charge on any atom is -0.432 e. The van der Waals surface area contributed by atoms with E-state index < -0.39 is 5.56 Å². The van der Waals surface area contributed by atoms with Gasteiger partial charge in [0.2, 0.25) is 0 Å². The van der Waals surface area contributed by atoms with Crippen LogP contribution in [-0.4, -0.2) is 10.4 Å². The van der Waals surface area contributed by atoms with Crippen molar-refractivity contribution in [3.05, 3.63) is 106 Å². The molecule has 6 heteroatoms. The Kier molecular flexibility index (Phi) is 5.39. The van der Waals surface area contributed by atoms with Crippen LogP contribution in [0.15, 0.2) is 87.0 Å². The summed E-state index contributed by atoms with van der Waals surface area (Å²) in [6.45, 7) is 1.85. The largest absolute Gasteiger partial charge is 0.432 e. The van der Waals surface area contributed by atoms with Crippen molar-refractivity contribution in [2.24, 2.45) is 4.99 Å². The number of fused-ring (bicyclic) bond motifs is 1. The number of Topliss-reactive ketones (excluding diaryl/α,β-unsaturated/α-hetero) is 1. The summed E-state index contributed by atoms with van der Waals surface area (Å²) in [5.74, 6) is -0.354. The number of hydrogen-bond donors (Lipinski definition) is 0. The van der Waals surface area contributed by atoms with Crippen LogP contribution < -0.4 is 11.1 Å². The third kappa shape index (κ3) is 3.85. The molecule has 0 N–H and O–H groups in total. The van der Waals surface area contributed by atoms with Crippen molar-refractivity contribution in [3.63, 3.8) is 0 Å². The molecule has 0 amide bonds. The third-order valence-corrected chi connectivity index (χ3v) is 4.82. The van der Waals surface area contributed by atoms with E-state index in [1.165, 1.54) is 10.6 Å². The van der Waals surface area contributed by atoms with Gasteiger partial charge in [-0.3, -0.25) is 14.2 Å². The van der Waals surface area contributed by atoms with E-state index in [0.29, 0.717) is 34.3 Å². The van der Waals surface area contributed by atoms with E-state index >= 15 is 0 Å². The van der Waals surface area contributed by atoms with E-state index in [4.69, 9.17) is 4.42 Å². The topological polar surface area (TPSA) is 64.6 Å². The van der Waals surface area contributed by atoms with Gasteiger partial charge >= 0.3 is 5.56 Å². The van der Waals surface area contributed by atoms with E-state index in [1.807, 2.05) is 0 Å². The fraction of sp³-hybridized carbons (Fsp3) is 0.125. The number of nitrogens with zero attached hydrogens (tertiary/aromatic N) is 2. The van der Waals surface area contributed by atoms with Crippen LogP contribution in [0.25, 0.3) is 11.1 Å². The number of rotatable bonds is 5. The number of ketones is 1. The highest BCUT2D eigenvalue weighted by Crippen LogP contribution is 2.16. The minimum absolute atomic E-state index is 0.0317. The summed E-state index contributed by atoms with van der Waals surface area (Å²) in [4.78, 5) is 29.3. The molecule has 4 rings (SSSR count). The molecule has 0 aliphatic heterocycles. The van der Waals surface area contributed by atoms with Crippen molar-refractivity contribution in [1.82, 2.24) is 4.57 Å². The molecular formula is C24H19FN2O3. The van der Waals surface area contributed by atoms with Crippen LogP contribution in [0.4, 0.5) is 10.1 Å². The van der Waals surface area contributed by atoms with Crippen LogP contribution in [0.1, 0.15) is 29.3 Å². The molecule has 3 aromatic carbocycles. The zero-order valence-electron chi connectivity index (χ0n) is 16.3. The average Bonchev–Trinajstić information content (AvgIpc) is 2.78. The lowest BCUT2D eigenvalue weighted by molar-refractivity contribution is 0.0988.